The fraction of sp³-hybridized carbons (Fsp3) is 0.219. The lowest BCUT2D eigenvalue weighted by Crippen LogP contribution is -2.30. The van der Waals surface area contributed by atoms with Crippen LogP contribution in [0.2, 0.25) is 0 Å². The van der Waals surface area contributed by atoms with Gasteiger partial charge in [-0.2, -0.15) is 0 Å². The van der Waals surface area contributed by atoms with Crippen molar-refractivity contribution >= 4 is 44.5 Å². The lowest BCUT2D eigenvalue weighted by molar-refractivity contribution is -0.117. The number of amides is 1. The average Bonchev–Trinajstić information content (AvgIpc) is 3.47. The van der Waals surface area contributed by atoms with Crippen LogP contribution in [0.3, 0.4) is 0 Å². The minimum atomic E-state index is -0.919. The summed E-state index contributed by atoms with van der Waals surface area (Å²) in [7, 11) is 0. The van der Waals surface area contributed by atoms with Gasteiger partial charge in [0.25, 0.3) is 5.91 Å². The molecule has 0 saturated heterocycles. The minimum absolute atomic E-state index is 0.0176. The Morgan fingerprint density at radius 1 is 1.02 bits per heavy atom. The molecule has 40 heavy (non-hydrogen) atoms. The van der Waals surface area contributed by atoms with E-state index in [1.807, 2.05) is 70.2 Å². The van der Waals surface area contributed by atoms with Gasteiger partial charge in [0.1, 0.15) is 0 Å². The zero-order valence-electron chi connectivity index (χ0n) is 22.8. The maximum Gasteiger partial charge on any atom is 0.296 e. The number of aliphatic hydroxyl groups is 1. The van der Waals surface area contributed by atoms with Gasteiger partial charge < -0.3 is 14.6 Å². The lowest BCUT2D eigenvalue weighted by atomic mass is 9.95. The van der Waals surface area contributed by atoms with Crippen LogP contribution < -0.4 is 14.4 Å². The van der Waals surface area contributed by atoms with Crippen LogP contribution in [-0.2, 0) is 9.59 Å². The van der Waals surface area contributed by atoms with E-state index in [-0.39, 0.29) is 5.57 Å². The van der Waals surface area contributed by atoms with Crippen LogP contribution in [0.5, 0.6) is 11.5 Å². The number of rotatable bonds is 9. The molecule has 204 valence electrons. The van der Waals surface area contributed by atoms with Crippen molar-refractivity contribution in [3.63, 3.8) is 0 Å². The van der Waals surface area contributed by atoms with Gasteiger partial charge in [0.2, 0.25) is 0 Å². The first-order valence-electron chi connectivity index (χ1n) is 13.1. The predicted octanol–water partition coefficient (Wildman–Crippen LogP) is 6.89. The number of carbonyl (C=O) groups is 2. The monoisotopic (exact) mass is 554 g/mol. The number of aromatic nitrogens is 1. The molecule has 1 unspecified atom stereocenters. The standard InChI is InChI=1S/C32H30N2O5S/c1-5-38-24-15-13-22(18-25(24)39-6-2)29-27(23(35)14-12-21-10-8-7-9-11-21)30(36)31(37)34(29)32-33-28-20(4)16-19(3)17-26(28)40-32/h7-18,29,36H,5-6H2,1-4H3. The summed E-state index contributed by atoms with van der Waals surface area (Å²) < 4.78 is 12.5. The van der Waals surface area contributed by atoms with Crippen molar-refractivity contribution in [1.29, 1.82) is 0 Å². The van der Waals surface area contributed by atoms with Gasteiger partial charge in [-0.1, -0.05) is 59.9 Å². The van der Waals surface area contributed by atoms with Gasteiger partial charge >= 0.3 is 0 Å². The number of ether oxygens (including phenoxy) is 2. The number of anilines is 1. The molecule has 1 atom stereocenters. The maximum atomic E-state index is 13.6. The van der Waals surface area contributed by atoms with Crippen LogP contribution in [0, 0.1) is 13.8 Å². The van der Waals surface area contributed by atoms with E-state index >= 15 is 0 Å². The SMILES string of the molecule is CCOc1ccc(C2C(C(=O)C=Cc3ccccc3)=C(O)C(=O)N2c2nc3c(C)cc(C)cc3s2)cc1OCC. The molecule has 1 amide bonds. The van der Waals surface area contributed by atoms with E-state index in [0.717, 1.165) is 26.9 Å². The molecule has 1 aliphatic heterocycles. The van der Waals surface area contributed by atoms with E-state index in [4.69, 9.17) is 14.5 Å². The van der Waals surface area contributed by atoms with Crippen molar-refractivity contribution in [2.24, 2.45) is 0 Å². The topological polar surface area (TPSA) is 89.0 Å². The number of carbonyl (C=O) groups excluding carboxylic acids is 2. The Balaban J connectivity index is 1.65. The normalized spacial score (nSPS) is 15.4. The van der Waals surface area contributed by atoms with Crippen molar-refractivity contribution in [2.45, 2.75) is 33.7 Å². The molecule has 5 rings (SSSR count). The molecule has 8 heteroatoms. The molecule has 3 aromatic carbocycles. The molecule has 0 bridgehead atoms. The zero-order chi connectivity index (χ0) is 28.4. The quantitative estimate of drug-likeness (QED) is 0.227. The summed E-state index contributed by atoms with van der Waals surface area (Å²) in [5.74, 6) is -0.696. The van der Waals surface area contributed by atoms with Crippen molar-refractivity contribution < 1.29 is 24.2 Å². The third-order valence-corrected chi connectivity index (χ3v) is 7.61. The van der Waals surface area contributed by atoms with Gasteiger partial charge in [-0.05, 0) is 74.2 Å². The van der Waals surface area contributed by atoms with E-state index in [2.05, 4.69) is 0 Å². The van der Waals surface area contributed by atoms with Crippen LogP contribution in [0.25, 0.3) is 16.3 Å². The lowest BCUT2D eigenvalue weighted by Gasteiger charge is -2.25. The summed E-state index contributed by atoms with van der Waals surface area (Å²) in [5, 5.41) is 11.5. The molecule has 1 aromatic heterocycles. The number of aliphatic hydroxyl groups excluding tert-OH is 1. The molecule has 0 fully saturated rings. The largest absolute Gasteiger partial charge is 0.503 e. The highest BCUT2D eigenvalue weighted by atomic mass is 32.1. The number of benzene rings is 3. The Morgan fingerprint density at radius 3 is 2.48 bits per heavy atom. The Hall–Kier alpha value is -4.43. The molecule has 0 aliphatic carbocycles. The highest BCUT2D eigenvalue weighted by Crippen LogP contribution is 2.45. The fourth-order valence-electron chi connectivity index (χ4n) is 4.90. The number of fused-ring (bicyclic) bond motifs is 1. The van der Waals surface area contributed by atoms with Gasteiger partial charge in [-0.25, -0.2) is 4.98 Å². The molecule has 2 heterocycles. The van der Waals surface area contributed by atoms with Crippen LogP contribution in [-0.4, -0.2) is 35.0 Å². The Bertz CT molecular complexity index is 1650. The first-order chi connectivity index (χ1) is 19.3. The molecule has 7 nitrogen and oxygen atoms in total. The highest BCUT2D eigenvalue weighted by molar-refractivity contribution is 7.22. The Morgan fingerprint density at radius 2 is 1.75 bits per heavy atom. The predicted molar refractivity (Wildman–Crippen MR) is 158 cm³/mol. The molecular formula is C32H30N2O5S. The summed E-state index contributed by atoms with van der Waals surface area (Å²) in [5.41, 5.74) is 4.25. The second-order valence-corrected chi connectivity index (χ2v) is 10.5. The molecule has 1 N–H and O–H groups in total. The van der Waals surface area contributed by atoms with E-state index in [9.17, 15) is 14.7 Å². The number of aryl methyl sites for hydroxylation is 2. The van der Waals surface area contributed by atoms with E-state index in [0.29, 0.717) is 35.4 Å². The van der Waals surface area contributed by atoms with Crippen LogP contribution in [0.15, 0.2) is 78.1 Å². The number of thiazole rings is 1. The van der Waals surface area contributed by atoms with Crippen LogP contribution >= 0.6 is 11.3 Å². The van der Waals surface area contributed by atoms with Crippen molar-refractivity contribution in [2.75, 3.05) is 18.1 Å². The zero-order valence-corrected chi connectivity index (χ0v) is 23.6. The molecular weight excluding hydrogens is 524 g/mol. The van der Waals surface area contributed by atoms with E-state index in [1.165, 1.54) is 22.3 Å². The number of hydrogen-bond donors (Lipinski definition) is 1. The average molecular weight is 555 g/mol. The van der Waals surface area contributed by atoms with E-state index < -0.39 is 23.5 Å². The molecule has 0 saturated carbocycles. The van der Waals surface area contributed by atoms with Crippen LogP contribution in [0.4, 0.5) is 5.13 Å². The number of hydrogen-bond acceptors (Lipinski definition) is 7. The Kier molecular flexibility index (Phi) is 7.71. The number of allylic oxidation sites excluding steroid dienone is 1. The van der Waals surface area contributed by atoms with Gasteiger partial charge in [-0.3, -0.25) is 14.5 Å². The van der Waals surface area contributed by atoms with Gasteiger partial charge in [0, 0.05) is 0 Å². The summed E-state index contributed by atoms with van der Waals surface area (Å²) >= 11 is 1.35. The van der Waals surface area contributed by atoms with Gasteiger partial charge in [-0.15, -0.1) is 0 Å². The molecule has 1 aliphatic rings. The fourth-order valence-corrected chi connectivity index (χ4v) is 6.06. The summed E-state index contributed by atoms with van der Waals surface area (Å²) in [6.07, 6.45) is 3.05. The number of nitrogens with zero attached hydrogens (tertiary/aromatic N) is 2. The summed E-state index contributed by atoms with van der Waals surface area (Å²) in [4.78, 5) is 33.5. The first kappa shape index (κ1) is 27.1. The third kappa shape index (κ3) is 5.10. The van der Waals surface area contributed by atoms with Crippen molar-refractivity contribution in [3.8, 4) is 11.5 Å². The van der Waals surface area contributed by atoms with Gasteiger partial charge in [0.05, 0.1) is 35.0 Å². The summed E-state index contributed by atoms with van der Waals surface area (Å²) in [6.45, 7) is 8.59. The minimum Gasteiger partial charge on any atom is -0.503 e. The number of ketones is 1. The second kappa shape index (κ2) is 11.4. The van der Waals surface area contributed by atoms with Crippen molar-refractivity contribution in [1.82, 2.24) is 4.98 Å². The maximum absolute atomic E-state index is 13.6. The van der Waals surface area contributed by atoms with Crippen LogP contribution in [0.1, 0.15) is 42.1 Å². The molecule has 4 aromatic rings. The summed E-state index contributed by atoms with van der Waals surface area (Å²) in [6, 6.07) is 17.8. The smallest absolute Gasteiger partial charge is 0.296 e. The molecule has 0 spiro atoms. The second-order valence-electron chi connectivity index (χ2n) is 9.45. The Labute approximate surface area is 237 Å². The first-order valence-corrected chi connectivity index (χ1v) is 14.0. The van der Waals surface area contributed by atoms with Crippen molar-refractivity contribution in [3.05, 3.63) is 100 Å². The third-order valence-electron chi connectivity index (χ3n) is 6.61. The molecule has 0 radical (unpaired) electrons. The highest BCUT2D eigenvalue weighted by Gasteiger charge is 2.45. The van der Waals surface area contributed by atoms with Gasteiger partial charge in [0.15, 0.2) is 28.2 Å². The van der Waals surface area contributed by atoms with E-state index in [1.54, 1.807) is 24.3 Å².